The van der Waals surface area contributed by atoms with Crippen molar-refractivity contribution in [1.29, 1.82) is 0 Å². The van der Waals surface area contributed by atoms with Gasteiger partial charge in [0.1, 0.15) is 5.75 Å². The lowest BCUT2D eigenvalue weighted by molar-refractivity contribution is -0.122. The van der Waals surface area contributed by atoms with E-state index in [0.717, 1.165) is 24.7 Å². The van der Waals surface area contributed by atoms with Gasteiger partial charge >= 0.3 is 0 Å². The number of anilines is 1. The lowest BCUT2D eigenvalue weighted by Gasteiger charge is -2.24. The summed E-state index contributed by atoms with van der Waals surface area (Å²) in [6, 6.07) is 5.37. The molecule has 0 spiro atoms. The Hall–Kier alpha value is -1.76. The summed E-state index contributed by atoms with van der Waals surface area (Å²) in [5.74, 6) is 0.606. The van der Waals surface area contributed by atoms with E-state index < -0.39 is 10.0 Å². The van der Waals surface area contributed by atoms with E-state index in [0.29, 0.717) is 11.4 Å². The van der Waals surface area contributed by atoms with Crippen LogP contribution in [0.25, 0.3) is 0 Å². The van der Waals surface area contributed by atoms with E-state index >= 15 is 0 Å². The number of amides is 1. The van der Waals surface area contributed by atoms with Gasteiger partial charge in [-0.15, -0.1) is 0 Å². The van der Waals surface area contributed by atoms with Crippen molar-refractivity contribution in [2.45, 2.75) is 19.8 Å². The van der Waals surface area contributed by atoms with E-state index in [9.17, 15) is 13.2 Å². The van der Waals surface area contributed by atoms with Crippen molar-refractivity contribution in [1.82, 2.24) is 5.32 Å². The van der Waals surface area contributed by atoms with Gasteiger partial charge in [-0.1, -0.05) is 6.07 Å². The zero-order chi connectivity index (χ0) is 16.3. The van der Waals surface area contributed by atoms with Crippen molar-refractivity contribution in [3.05, 3.63) is 23.8 Å². The lowest BCUT2D eigenvalue weighted by Crippen LogP contribution is -2.38. The summed E-state index contributed by atoms with van der Waals surface area (Å²) < 4.78 is 30.7. The van der Waals surface area contributed by atoms with Crippen LogP contribution in [0.4, 0.5) is 5.69 Å². The summed E-state index contributed by atoms with van der Waals surface area (Å²) in [5, 5.41) is 2.78. The van der Waals surface area contributed by atoms with E-state index in [1.54, 1.807) is 12.1 Å². The number of aryl methyl sites for hydroxylation is 1. The predicted octanol–water partition coefficient (Wildman–Crippen LogP) is 1.30. The molecule has 1 aliphatic carbocycles. The van der Waals surface area contributed by atoms with Gasteiger partial charge in [-0.05, 0) is 37.5 Å². The standard InChI is InChI=1S/C15H22N2O4S/c1-11-4-7-14(21-2)13(10-11)17(22(3,19)20)9-8-16-15(18)12-5-6-12/h4,7,10,12H,5-6,8-9H2,1-3H3,(H,16,18). The molecule has 7 heteroatoms. The van der Waals surface area contributed by atoms with E-state index in [4.69, 9.17) is 4.74 Å². The van der Waals surface area contributed by atoms with E-state index in [-0.39, 0.29) is 24.9 Å². The summed E-state index contributed by atoms with van der Waals surface area (Å²) in [6.45, 7) is 2.34. The fourth-order valence-corrected chi connectivity index (χ4v) is 3.15. The molecule has 0 unspecified atom stereocenters. The number of carbonyl (C=O) groups is 1. The summed E-state index contributed by atoms with van der Waals surface area (Å²) >= 11 is 0. The monoisotopic (exact) mass is 326 g/mol. The second-order valence-corrected chi connectivity index (χ2v) is 7.48. The molecule has 0 bridgehead atoms. The van der Waals surface area contributed by atoms with Crippen LogP contribution in [-0.4, -0.2) is 40.8 Å². The maximum atomic E-state index is 12.1. The average Bonchev–Trinajstić information content (AvgIpc) is 3.26. The summed E-state index contributed by atoms with van der Waals surface area (Å²) in [6.07, 6.45) is 3.00. The third-order valence-electron chi connectivity index (χ3n) is 3.57. The van der Waals surface area contributed by atoms with Gasteiger partial charge in [0.2, 0.25) is 15.9 Å². The molecule has 0 aliphatic heterocycles. The molecule has 1 fully saturated rings. The van der Waals surface area contributed by atoms with Crippen LogP contribution in [0.5, 0.6) is 5.75 Å². The lowest BCUT2D eigenvalue weighted by atomic mass is 10.2. The van der Waals surface area contributed by atoms with Crippen molar-refractivity contribution in [2.24, 2.45) is 5.92 Å². The van der Waals surface area contributed by atoms with Gasteiger partial charge < -0.3 is 10.1 Å². The van der Waals surface area contributed by atoms with Gasteiger partial charge in [-0.2, -0.15) is 0 Å². The van der Waals surface area contributed by atoms with Crippen molar-refractivity contribution < 1.29 is 17.9 Å². The van der Waals surface area contributed by atoms with Crippen LogP contribution in [-0.2, 0) is 14.8 Å². The Morgan fingerprint density at radius 1 is 1.41 bits per heavy atom. The summed E-state index contributed by atoms with van der Waals surface area (Å²) in [4.78, 5) is 11.6. The molecule has 0 saturated heterocycles. The van der Waals surface area contributed by atoms with Crippen LogP contribution < -0.4 is 14.4 Å². The van der Waals surface area contributed by atoms with Gasteiger partial charge in [0.15, 0.2) is 0 Å². The number of benzene rings is 1. The van der Waals surface area contributed by atoms with Crippen LogP contribution >= 0.6 is 0 Å². The zero-order valence-corrected chi connectivity index (χ0v) is 13.9. The van der Waals surface area contributed by atoms with Crippen LogP contribution in [0.1, 0.15) is 18.4 Å². The fourth-order valence-electron chi connectivity index (χ4n) is 2.23. The maximum absolute atomic E-state index is 12.1. The first-order valence-corrected chi connectivity index (χ1v) is 9.08. The fraction of sp³-hybridized carbons (Fsp3) is 0.533. The quantitative estimate of drug-likeness (QED) is 0.819. The first-order valence-electron chi connectivity index (χ1n) is 7.23. The number of ether oxygens (including phenoxy) is 1. The number of sulfonamides is 1. The predicted molar refractivity (Wildman–Crippen MR) is 85.7 cm³/mol. The number of nitrogens with zero attached hydrogens (tertiary/aromatic N) is 1. The Morgan fingerprint density at radius 2 is 2.09 bits per heavy atom. The van der Waals surface area contributed by atoms with Crippen LogP contribution in [0.3, 0.4) is 0 Å². The highest BCUT2D eigenvalue weighted by molar-refractivity contribution is 7.92. The first-order chi connectivity index (χ1) is 10.3. The normalized spacial score (nSPS) is 14.5. The Balaban J connectivity index is 2.15. The molecule has 0 atom stereocenters. The number of hydrogen-bond acceptors (Lipinski definition) is 4. The molecule has 122 valence electrons. The number of rotatable bonds is 7. The second kappa shape index (κ2) is 6.56. The van der Waals surface area contributed by atoms with Gasteiger partial charge in [-0.25, -0.2) is 8.42 Å². The number of methoxy groups -OCH3 is 1. The molecule has 22 heavy (non-hydrogen) atoms. The number of carbonyl (C=O) groups excluding carboxylic acids is 1. The molecule has 6 nitrogen and oxygen atoms in total. The highest BCUT2D eigenvalue weighted by Gasteiger charge is 2.29. The van der Waals surface area contributed by atoms with Gasteiger partial charge in [0, 0.05) is 12.5 Å². The van der Waals surface area contributed by atoms with E-state index in [2.05, 4.69) is 5.32 Å². The highest BCUT2D eigenvalue weighted by atomic mass is 32.2. The molecule has 0 heterocycles. The second-order valence-electron chi connectivity index (χ2n) is 5.58. The molecule has 1 N–H and O–H groups in total. The summed E-state index contributed by atoms with van der Waals surface area (Å²) in [5.41, 5.74) is 1.43. The van der Waals surface area contributed by atoms with E-state index in [1.165, 1.54) is 11.4 Å². The number of nitrogens with one attached hydrogen (secondary N) is 1. The minimum Gasteiger partial charge on any atom is -0.495 e. The molecular formula is C15H22N2O4S. The van der Waals surface area contributed by atoms with E-state index in [1.807, 2.05) is 13.0 Å². The van der Waals surface area contributed by atoms with Crippen molar-refractivity contribution >= 4 is 21.6 Å². The molecule has 1 aliphatic rings. The molecule has 1 saturated carbocycles. The third-order valence-corrected chi connectivity index (χ3v) is 4.75. The topological polar surface area (TPSA) is 75.7 Å². The smallest absolute Gasteiger partial charge is 0.232 e. The minimum absolute atomic E-state index is 0.00431. The Morgan fingerprint density at radius 3 is 2.64 bits per heavy atom. The molecular weight excluding hydrogens is 304 g/mol. The summed E-state index contributed by atoms with van der Waals surface area (Å²) in [7, 11) is -1.96. The zero-order valence-electron chi connectivity index (χ0n) is 13.1. The SMILES string of the molecule is COc1ccc(C)cc1N(CCNC(=O)C1CC1)S(C)(=O)=O. The molecule has 1 aromatic rings. The Kier molecular flexibility index (Phi) is 4.95. The van der Waals surface area contributed by atoms with Gasteiger partial charge in [0.25, 0.3) is 0 Å². The Labute approximate surface area is 131 Å². The van der Waals surface area contributed by atoms with Crippen molar-refractivity contribution in [2.75, 3.05) is 30.8 Å². The Bertz CT molecular complexity index is 654. The van der Waals surface area contributed by atoms with Crippen LogP contribution in [0.15, 0.2) is 18.2 Å². The molecule has 0 radical (unpaired) electrons. The maximum Gasteiger partial charge on any atom is 0.232 e. The minimum atomic E-state index is -3.47. The van der Waals surface area contributed by atoms with Crippen molar-refractivity contribution in [3.8, 4) is 5.75 Å². The average molecular weight is 326 g/mol. The number of hydrogen-bond donors (Lipinski definition) is 1. The molecule has 1 amide bonds. The van der Waals surface area contributed by atoms with Crippen molar-refractivity contribution in [3.63, 3.8) is 0 Å². The highest BCUT2D eigenvalue weighted by Crippen LogP contribution is 2.31. The van der Waals surface area contributed by atoms with Gasteiger partial charge in [0.05, 0.1) is 25.6 Å². The first kappa shape index (κ1) is 16.6. The van der Waals surface area contributed by atoms with Crippen LogP contribution in [0.2, 0.25) is 0 Å². The molecule has 0 aromatic heterocycles. The van der Waals surface area contributed by atoms with Crippen LogP contribution in [0, 0.1) is 12.8 Å². The molecule has 1 aromatic carbocycles. The third kappa shape index (κ3) is 4.13. The largest absolute Gasteiger partial charge is 0.495 e. The molecule has 2 rings (SSSR count). The van der Waals surface area contributed by atoms with Gasteiger partial charge in [-0.3, -0.25) is 9.10 Å².